The summed E-state index contributed by atoms with van der Waals surface area (Å²) in [7, 11) is 0. The molecule has 13 heteroatoms. The number of halogens is 5. The van der Waals surface area contributed by atoms with Gasteiger partial charge in [-0.2, -0.15) is 18.3 Å². The van der Waals surface area contributed by atoms with Crippen LogP contribution in [-0.4, -0.2) is 58.4 Å². The maximum atomic E-state index is 15.0. The summed E-state index contributed by atoms with van der Waals surface area (Å²) in [6.07, 6.45) is -0.574. The third kappa shape index (κ3) is 6.47. The molecule has 1 N–H and O–H groups in total. The normalized spacial score (nSPS) is 20.5. The second-order valence-corrected chi connectivity index (χ2v) is 11.5. The number of ether oxygens (including phenoxy) is 1. The van der Waals surface area contributed by atoms with Crippen LogP contribution >= 0.6 is 0 Å². The Morgan fingerprint density at radius 1 is 0.978 bits per heavy atom. The minimum atomic E-state index is -4.96. The highest BCUT2D eigenvalue weighted by Crippen LogP contribution is 2.39. The first kappa shape index (κ1) is 30.5. The molecule has 3 heterocycles. The van der Waals surface area contributed by atoms with Crippen LogP contribution in [0.25, 0.3) is 11.3 Å². The number of pyridine rings is 1. The highest BCUT2D eigenvalue weighted by Gasteiger charge is 2.54. The third-order valence-corrected chi connectivity index (χ3v) is 8.40. The average molecular weight is 629 g/mol. The van der Waals surface area contributed by atoms with Gasteiger partial charge in [0.05, 0.1) is 5.69 Å². The Kier molecular flexibility index (Phi) is 8.19. The molecule has 2 aliphatic heterocycles. The van der Waals surface area contributed by atoms with Crippen LogP contribution in [0.15, 0.2) is 59.7 Å². The second-order valence-electron chi connectivity index (χ2n) is 11.5. The number of rotatable bonds is 8. The van der Waals surface area contributed by atoms with Gasteiger partial charge in [0.25, 0.3) is 0 Å². The molecular weight excluding hydrogens is 599 g/mol. The Balaban J connectivity index is 1.17. The number of nitrogens with zero attached hydrogens (tertiary/aromatic N) is 4. The van der Waals surface area contributed by atoms with Crippen molar-refractivity contribution in [2.24, 2.45) is 16.9 Å². The van der Waals surface area contributed by atoms with Crippen molar-refractivity contribution in [1.29, 1.82) is 0 Å². The van der Waals surface area contributed by atoms with Gasteiger partial charge < -0.3 is 14.7 Å². The number of alkyl halides is 3. The molecule has 2 fully saturated rings. The van der Waals surface area contributed by atoms with Gasteiger partial charge in [-0.25, -0.2) is 18.8 Å². The monoisotopic (exact) mass is 628 g/mol. The van der Waals surface area contributed by atoms with Crippen LogP contribution in [0.4, 0.5) is 27.8 Å². The van der Waals surface area contributed by atoms with Crippen molar-refractivity contribution in [3.8, 4) is 17.0 Å². The maximum absolute atomic E-state index is 15.0. The standard InChI is InChI=1S/C32H29F5N4O4/c33-22-14-23(26-2-1-3-27(39-26)41-29(32(35,36)37)24(16-38-41)31(43)44)28(25(34)15-22)45-17-18-4-6-19(7-5-18)20-10-12-40(13-11-20)30(42)21-8-9-21/h1-7,14-16,20-21,24,29H,8-13,17H2,(H,43,44)/t24-,29?/m1/s1. The van der Waals surface area contributed by atoms with E-state index in [1.54, 1.807) is 0 Å². The molecule has 6 rings (SSSR count). The summed E-state index contributed by atoms with van der Waals surface area (Å²) < 4.78 is 76.6. The molecule has 3 aromatic rings. The summed E-state index contributed by atoms with van der Waals surface area (Å²) in [6, 6.07) is 10.6. The summed E-state index contributed by atoms with van der Waals surface area (Å²) in [6.45, 7) is 1.37. The van der Waals surface area contributed by atoms with E-state index in [0.29, 0.717) is 28.8 Å². The Morgan fingerprint density at radius 3 is 2.33 bits per heavy atom. The number of benzene rings is 2. The number of anilines is 1. The predicted molar refractivity (Wildman–Crippen MR) is 154 cm³/mol. The van der Waals surface area contributed by atoms with Gasteiger partial charge in [-0.1, -0.05) is 30.3 Å². The predicted octanol–water partition coefficient (Wildman–Crippen LogP) is 6.16. The molecule has 2 atom stereocenters. The molecule has 236 valence electrons. The first-order valence-corrected chi connectivity index (χ1v) is 14.6. The number of carbonyl (C=O) groups is 2. The van der Waals surface area contributed by atoms with Gasteiger partial charge in [0.15, 0.2) is 17.6 Å². The molecule has 1 aromatic heterocycles. The summed E-state index contributed by atoms with van der Waals surface area (Å²) in [5.74, 6) is -5.57. The first-order chi connectivity index (χ1) is 21.5. The number of carboxylic acid groups (broad SMARTS) is 1. The molecule has 1 amide bonds. The number of aliphatic carboxylic acids is 1. The van der Waals surface area contributed by atoms with E-state index in [9.17, 15) is 32.3 Å². The fourth-order valence-electron chi connectivity index (χ4n) is 5.85. The van der Waals surface area contributed by atoms with E-state index < -0.39 is 35.7 Å². The van der Waals surface area contributed by atoms with Crippen molar-refractivity contribution in [2.45, 2.75) is 50.4 Å². The molecule has 2 aromatic carbocycles. The van der Waals surface area contributed by atoms with E-state index in [2.05, 4.69) is 10.1 Å². The van der Waals surface area contributed by atoms with Crippen LogP contribution in [0.3, 0.4) is 0 Å². The lowest BCUT2D eigenvalue weighted by Gasteiger charge is -2.32. The number of hydrazone groups is 1. The van der Waals surface area contributed by atoms with E-state index >= 15 is 4.39 Å². The number of hydrogen-bond acceptors (Lipinski definition) is 6. The molecule has 1 unspecified atom stereocenters. The zero-order chi connectivity index (χ0) is 31.9. The number of aromatic nitrogens is 1. The van der Waals surface area contributed by atoms with Crippen molar-refractivity contribution in [2.75, 3.05) is 18.1 Å². The molecular formula is C32H29F5N4O4. The zero-order valence-corrected chi connectivity index (χ0v) is 23.9. The number of carbonyl (C=O) groups excluding carboxylic acids is 1. The molecule has 1 aliphatic carbocycles. The average Bonchev–Trinajstić information content (AvgIpc) is 3.76. The first-order valence-electron chi connectivity index (χ1n) is 14.6. The second kappa shape index (κ2) is 12.1. The lowest BCUT2D eigenvalue weighted by atomic mass is 9.89. The quantitative estimate of drug-likeness (QED) is 0.301. The van der Waals surface area contributed by atoms with Crippen LogP contribution in [0, 0.1) is 23.5 Å². The van der Waals surface area contributed by atoms with Gasteiger partial charge in [-0.05, 0) is 60.9 Å². The van der Waals surface area contributed by atoms with Crippen molar-refractivity contribution >= 4 is 23.9 Å². The zero-order valence-electron chi connectivity index (χ0n) is 23.9. The number of carboxylic acids is 1. The van der Waals surface area contributed by atoms with Gasteiger partial charge >= 0.3 is 12.1 Å². The summed E-state index contributed by atoms with van der Waals surface area (Å²) in [5.41, 5.74) is 1.59. The van der Waals surface area contributed by atoms with Gasteiger partial charge in [0.1, 0.15) is 24.2 Å². The Hall–Kier alpha value is -4.55. The number of piperidine rings is 1. The number of likely N-dealkylation sites (tertiary alicyclic amines) is 1. The van der Waals surface area contributed by atoms with Crippen molar-refractivity contribution in [3.05, 3.63) is 77.4 Å². The van der Waals surface area contributed by atoms with Gasteiger partial charge in [0, 0.05) is 36.9 Å². The molecule has 8 nitrogen and oxygen atoms in total. The summed E-state index contributed by atoms with van der Waals surface area (Å²) in [4.78, 5) is 29.9. The van der Waals surface area contributed by atoms with Crippen LogP contribution in [0.2, 0.25) is 0 Å². The molecule has 45 heavy (non-hydrogen) atoms. The topological polar surface area (TPSA) is 95.3 Å². The SMILES string of the molecule is O=C(O)[C@@H]1C=NN(c2cccc(-c3cc(F)cc(F)c3OCc3ccc(C4CCN(C(=O)C5CC5)CC4)cc3)n2)C1C(F)(F)F. The van der Waals surface area contributed by atoms with Crippen LogP contribution in [-0.2, 0) is 16.2 Å². The van der Waals surface area contributed by atoms with E-state index in [4.69, 9.17) is 4.74 Å². The number of hydrogen-bond donors (Lipinski definition) is 1. The van der Waals surface area contributed by atoms with Crippen molar-refractivity contribution < 1.29 is 41.4 Å². The minimum absolute atomic E-state index is 0.0866. The van der Waals surface area contributed by atoms with E-state index in [1.807, 2.05) is 29.2 Å². The Morgan fingerprint density at radius 2 is 1.69 bits per heavy atom. The lowest BCUT2D eigenvalue weighted by molar-refractivity contribution is -0.166. The minimum Gasteiger partial charge on any atom is -0.485 e. The molecule has 3 aliphatic rings. The Bertz CT molecular complexity index is 1620. The molecule has 0 spiro atoms. The fraction of sp³-hybridized carbons (Fsp3) is 0.375. The Labute approximate surface area is 255 Å². The van der Waals surface area contributed by atoms with E-state index in [1.165, 1.54) is 18.2 Å². The summed E-state index contributed by atoms with van der Waals surface area (Å²) in [5, 5.41) is 13.3. The van der Waals surface area contributed by atoms with Gasteiger partial charge in [0.2, 0.25) is 5.91 Å². The fourth-order valence-corrected chi connectivity index (χ4v) is 5.85. The summed E-state index contributed by atoms with van der Waals surface area (Å²) >= 11 is 0. The van der Waals surface area contributed by atoms with Crippen LogP contribution < -0.4 is 9.75 Å². The largest absolute Gasteiger partial charge is 0.485 e. The molecule has 1 saturated heterocycles. The third-order valence-electron chi connectivity index (χ3n) is 8.40. The van der Waals surface area contributed by atoms with E-state index in [-0.39, 0.29) is 41.3 Å². The maximum Gasteiger partial charge on any atom is 0.412 e. The van der Waals surface area contributed by atoms with Crippen LogP contribution in [0.5, 0.6) is 5.75 Å². The van der Waals surface area contributed by atoms with Crippen LogP contribution in [0.1, 0.15) is 42.7 Å². The van der Waals surface area contributed by atoms with Crippen molar-refractivity contribution in [1.82, 2.24) is 9.88 Å². The molecule has 0 bridgehead atoms. The lowest BCUT2D eigenvalue weighted by Crippen LogP contribution is -2.47. The number of amides is 1. The van der Waals surface area contributed by atoms with Gasteiger partial charge in [-0.15, -0.1) is 0 Å². The van der Waals surface area contributed by atoms with Crippen molar-refractivity contribution in [3.63, 3.8) is 0 Å². The smallest absolute Gasteiger partial charge is 0.412 e. The highest BCUT2D eigenvalue weighted by molar-refractivity contribution is 5.92. The molecule has 1 saturated carbocycles. The molecule has 0 radical (unpaired) electrons. The van der Waals surface area contributed by atoms with Gasteiger partial charge in [-0.3, -0.25) is 9.59 Å². The van der Waals surface area contributed by atoms with E-state index in [0.717, 1.165) is 50.4 Å². The highest BCUT2D eigenvalue weighted by atomic mass is 19.4.